The average Bonchev–Trinajstić information content (AvgIpc) is 2.23. The van der Waals surface area contributed by atoms with Crippen LogP contribution in [0.3, 0.4) is 0 Å². The highest BCUT2D eigenvalue weighted by atomic mass is 16.5. The fraction of sp³-hybridized carbons (Fsp3) is 1.00. The Morgan fingerprint density at radius 3 is 2.06 bits per heavy atom. The highest BCUT2D eigenvalue weighted by molar-refractivity contribution is 4.94. The fourth-order valence-electron chi connectivity index (χ4n) is 2.91. The van der Waals surface area contributed by atoms with Gasteiger partial charge in [-0.25, -0.2) is 0 Å². The zero-order valence-electron chi connectivity index (χ0n) is 12.1. The second kappa shape index (κ2) is 4.66. The standard InChI is InChI=1S/C14H29NO/c1-11-12(13(2,3)4)15(14(5,6)7)9-8-10-16-11/h11-12H,8-10H2,1-7H3/t11?,12-/m0/s1. The summed E-state index contributed by atoms with van der Waals surface area (Å²) in [5, 5.41) is 0. The third kappa shape index (κ3) is 3.21. The molecule has 0 spiro atoms. The van der Waals surface area contributed by atoms with E-state index in [2.05, 4.69) is 53.4 Å². The van der Waals surface area contributed by atoms with Crippen molar-refractivity contribution in [3.8, 4) is 0 Å². The molecule has 1 aliphatic rings. The molecule has 0 aliphatic carbocycles. The van der Waals surface area contributed by atoms with Gasteiger partial charge in [0.05, 0.1) is 6.10 Å². The van der Waals surface area contributed by atoms with Gasteiger partial charge in [0.1, 0.15) is 0 Å². The maximum Gasteiger partial charge on any atom is 0.0707 e. The minimum atomic E-state index is 0.222. The molecule has 16 heavy (non-hydrogen) atoms. The minimum Gasteiger partial charge on any atom is -0.377 e. The molecule has 0 aromatic carbocycles. The van der Waals surface area contributed by atoms with Gasteiger partial charge in [-0.3, -0.25) is 4.90 Å². The third-order valence-corrected chi connectivity index (χ3v) is 3.45. The molecule has 0 aromatic rings. The highest BCUT2D eigenvalue weighted by Crippen LogP contribution is 2.34. The molecule has 2 atom stereocenters. The van der Waals surface area contributed by atoms with Gasteiger partial charge >= 0.3 is 0 Å². The van der Waals surface area contributed by atoms with Crippen molar-refractivity contribution in [1.29, 1.82) is 0 Å². The van der Waals surface area contributed by atoms with E-state index in [-0.39, 0.29) is 11.0 Å². The molecule has 2 heteroatoms. The van der Waals surface area contributed by atoms with Crippen LogP contribution in [0.25, 0.3) is 0 Å². The van der Waals surface area contributed by atoms with E-state index in [1.165, 1.54) is 0 Å². The molecular formula is C14H29NO. The zero-order chi connectivity index (χ0) is 12.6. The number of hydrogen-bond acceptors (Lipinski definition) is 2. The van der Waals surface area contributed by atoms with Crippen molar-refractivity contribution in [1.82, 2.24) is 4.90 Å². The number of hydrogen-bond donors (Lipinski definition) is 0. The predicted molar refractivity (Wildman–Crippen MR) is 69.7 cm³/mol. The fourth-order valence-corrected chi connectivity index (χ4v) is 2.91. The van der Waals surface area contributed by atoms with E-state index in [4.69, 9.17) is 4.74 Å². The second-order valence-electron chi connectivity index (χ2n) is 7.10. The molecule has 1 heterocycles. The van der Waals surface area contributed by atoms with E-state index in [1.54, 1.807) is 0 Å². The molecule has 0 radical (unpaired) electrons. The van der Waals surface area contributed by atoms with Crippen LogP contribution in [0.15, 0.2) is 0 Å². The molecule has 2 nitrogen and oxygen atoms in total. The SMILES string of the molecule is CC1OCCCN(C(C)(C)C)[C@@H]1C(C)(C)C. The number of rotatable bonds is 0. The molecular weight excluding hydrogens is 198 g/mol. The Balaban J connectivity index is 3.00. The molecule has 1 fully saturated rings. The number of ether oxygens (including phenoxy) is 1. The van der Waals surface area contributed by atoms with Gasteiger partial charge in [-0.2, -0.15) is 0 Å². The molecule has 96 valence electrons. The molecule has 0 saturated carbocycles. The quantitative estimate of drug-likeness (QED) is 0.629. The Hall–Kier alpha value is -0.0800. The zero-order valence-corrected chi connectivity index (χ0v) is 12.1. The topological polar surface area (TPSA) is 12.5 Å². The minimum absolute atomic E-state index is 0.222. The van der Waals surface area contributed by atoms with Crippen molar-refractivity contribution >= 4 is 0 Å². The molecule has 1 unspecified atom stereocenters. The second-order valence-corrected chi connectivity index (χ2v) is 7.10. The Morgan fingerprint density at radius 2 is 1.62 bits per heavy atom. The summed E-state index contributed by atoms with van der Waals surface area (Å²) in [6.07, 6.45) is 1.47. The summed E-state index contributed by atoms with van der Waals surface area (Å²) in [7, 11) is 0. The van der Waals surface area contributed by atoms with E-state index in [1.807, 2.05) is 0 Å². The van der Waals surface area contributed by atoms with Crippen LogP contribution < -0.4 is 0 Å². The van der Waals surface area contributed by atoms with Gasteiger partial charge in [0.25, 0.3) is 0 Å². The summed E-state index contributed by atoms with van der Waals surface area (Å²) in [4.78, 5) is 2.63. The Kier molecular flexibility index (Phi) is 4.07. The lowest BCUT2D eigenvalue weighted by Gasteiger charge is -2.48. The first-order chi connectivity index (χ1) is 7.14. The summed E-state index contributed by atoms with van der Waals surface area (Å²) in [5.74, 6) is 0. The number of nitrogens with zero attached hydrogens (tertiary/aromatic N) is 1. The van der Waals surface area contributed by atoms with Crippen LogP contribution >= 0.6 is 0 Å². The van der Waals surface area contributed by atoms with Gasteiger partial charge in [-0.15, -0.1) is 0 Å². The largest absolute Gasteiger partial charge is 0.377 e. The van der Waals surface area contributed by atoms with Crippen molar-refractivity contribution in [2.24, 2.45) is 5.41 Å². The Bertz CT molecular complexity index is 224. The average molecular weight is 227 g/mol. The maximum atomic E-state index is 5.93. The van der Waals surface area contributed by atoms with Crippen LogP contribution in [0.5, 0.6) is 0 Å². The lowest BCUT2D eigenvalue weighted by atomic mass is 9.80. The van der Waals surface area contributed by atoms with Gasteiger partial charge in [0.2, 0.25) is 0 Å². The first-order valence-electron chi connectivity index (χ1n) is 6.52. The summed E-state index contributed by atoms with van der Waals surface area (Å²) >= 11 is 0. The van der Waals surface area contributed by atoms with E-state index in [0.29, 0.717) is 12.1 Å². The van der Waals surface area contributed by atoms with E-state index >= 15 is 0 Å². The molecule has 0 bridgehead atoms. The molecule has 0 N–H and O–H groups in total. The Morgan fingerprint density at radius 1 is 1.06 bits per heavy atom. The summed E-state index contributed by atoms with van der Waals surface area (Å²) in [6, 6.07) is 0.495. The maximum absolute atomic E-state index is 5.93. The predicted octanol–water partition coefficient (Wildman–Crippen LogP) is 3.31. The van der Waals surface area contributed by atoms with Crippen LogP contribution in [-0.4, -0.2) is 35.7 Å². The molecule has 1 rings (SSSR count). The van der Waals surface area contributed by atoms with Crippen LogP contribution in [0, 0.1) is 5.41 Å². The van der Waals surface area contributed by atoms with Crippen LogP contribution in [0.1, 0.15) is 54.9 Å². The molecule has 0 amide bonds. The van der Waals surface area contributed by atoms with E-state index in [9.17, 15) is 0 Å². The van der Waals surface area contributed by atoms with Crippen molar-refractivity contribution < 1.29 is 4.74 Å². The van der Waals surface area contributed by atoms with Crippen LogP contribution in [-0.2, 0) is 4.74 Å². The van der Waals surface area contributed by atoms with Crippen molar-refractivity contribution in [2.45, 2.75) is 72.6 Å². The Labute approximate surface area is 101 Å². The van der Waals surface area contributed by atoms with Gasteiger partial charge in [-0.1, -0.05) is 20.8 Å². The normalized spacial score (nSPS) is 30.2. The van der Waals surface area contributed by atoms with Crippen LogP contribution in [0.2, 0.25) is 0 Å². The van der Waals surface area contributed by atoms with Gasteiger partial charge < -0.3 is 4.74 Å². The lowest BCUT2D eigenvalue weighted by molar-refractivity contribution is -0.0470. The lowest BCUT2D eigenvalue weighted by Crippen LogP contribution is -2.57. The summed E-state index contributed by atoms with van der Waals surface area (Å²) in [6.45, 7) is 18.2. The highest BCUT2D eigenvalue weighted by Gasteiger charge is 2.40. The molecule has 1 saturated heterocycles. The van der Waals surface area contributed by atoms with Gasteiger partial charge in [0, 0.05) is 24.7 Å². The monoisotopic (exact) mass is 227 g/mol. The first-order valence-corrected chi connectivity index (χ1v) is 6.52. The smallest absolute Gasteiger partial charge is 0.0707 e. The summed E-state index contributed by atoms with van der Waals surface area (Å²) in [5.41, 5.74) is 0.483. The third-order valence-electron chi connectivity index (χ3n) is 3.45. The summed E-state index contributed by atoms with van der Waals surface area (Å²) < 4.78 is 5.93. The van der Waals surface area contributed by atoms with Gasteiger partial charge in [0.15, 0.2) is 0 Å². The van der Waals surface area contributed by atoms with Crippen molar-refractivity contribution in [2.75, 3.05) is 13.2 Å². The van der Waals surface area contributed by atoms with Gasteiger partial charge in [-0.05, 0) is 39.5 Å². The van der Waals surface area contributed by atoms with Crippen molar-refractivity contribution in [3.63, 3.8) is 0 Å². The van der Waals surface area contributed by atoms with E-state index < -0.39 is 0 Å². The molecule has 1 aliphatic heterocycles. The van der Waals surface area contributed by atoms with Crippen molar-refractivity contribution in [3.05, 3.63) is 0 Å². The molecule has 0 aromatic heterocycles. The van der Waals surface area contributed by atoms with E-state index in [0.717, 1.165) is 19.6 Å². The first kappa shape index (κ1) is 14.0. The van der Waals surface area contributed by atoms with Crippen LogP contribution in [0.4, 0.5) is 0 Å².